The number of benzene rings is 1. The first kappa shape index (κ1) is 14.3. The second-order valence-corrected chi connectivity index (χ2v) is 5.83. The van der Waals surface area contributed by atoms with E-state index < -0.39 is 6.10 Å². The van der Waals surface area contributed by atoms with Gasteiger partial charge in [0.05, 0.1) is 22.0 Å². The third-order valence-electron chi connectivity index (χ3n) is 3.56. The van der Waals surface area contributed by atoms with E-state index in [1.54, 1.807) is 0 Å². The molecule has 0 saturated carbocycles. The van der Waals surface area contributed by atoms with Crippen LogP contribution in [0.3, 0.4) is 0 Å². The van der Waals surface area contributed by atoms with Gasteiger partial charge < -0.3 is 5.11 Å². The Morgan fingerprint density at radius 1 is 1.26 bits per heavy atom. The SMILES string of the molecule is Cc1ccc(C(O)Cc2c(Br)c(C)nn2C)cc1C. The zero-order valence-corrected chi connectivity index (χ0v) is 13.3. The summed E-state index contributed by atoms with van der Waals surface area (Å²) in [7, 11) is 1.90. The van der Waals surface area contributed by atoms with Crippen LogP contribution < -0.4 is 0 Å². The molecule has 1 heterocycles. The first-order valence-corrected chi connectivity index (χ1v) is 7.12. The van der Waals surface area contributed by atoms with Crippen LogP contribution in [0.1, 0.15) is 34.2 Å². The minimum Gasteiger partial charge on any atom is -0.388 e. The largest absolute Gasteiger partial charge is 0.388 e. The number of nitrogens with zero attached hydrogens (tertiary/aromatic N) is 2. The summed E-state index contributed by atoms with van der Waals surface area (Å²) in [5.74, 6) is 0. The lowest BCUT2D eigenvalue weighted by Gasteiger charge is -2.13. The molecule has 0 saturated heterocycles. The molecular formula is C15H19BrN2O. The van der Waals surface area contributed by atoms with Gasteiger partial charge in [-0.3, -0.25) is 4.68 Å². The lowest BCUT2D eigenvalue weighted by molar-refractivity contribution is 0.175. The second-order valence-electron chi connectivity index (χ2n) is 5.03. The van der Waals surface area contributed by atoms with Gasteiger partial charge in [-0.1, -0.05) is 18.2 Å². The third-order valence-corrected chi connectivity index (χ3v) is 4.60. The van der Waals surface area contributed by atoms with E-state index in [2.05, 4.69) is 47.0 Å². The molecule has 0 aliphatic heterocycles. The van der Waals surface area contributed by atoms with Gasteiger partial charge in [0.25, 0.3) is 0 Å². The predicted molar refractivity (Wildman–Crippen MR) is 80.2 cm³/mol. The fraction of sp³-hybridized carbons (Fsp3) is 0.400. The molecule has 4 heteroatoms. The van der Waals surface area contributed by atoms with Gasteiger partial charge >= 0.3 is 0 Å². The molecule has 0 aliphatic carbocycles. The number of hydrogen-bond acceptors (Lipinski definition) is 2. The summed E-state index contributed by atoms with van der Waals surface area (Å²) in [6, 6.07) is 6.10. The molecular weight excluding hydrogens is 304 g/mol. The lowest BCUT2D eigenvalue weighted by Crippen LogP contribution is -2.07. The minimum atomic E-state index is -0.509. The summed E-state index contributed by atoms with van der Waals surface area (Å²) >= 11 is 3.53. The average molecular weight is 323 g/mol. The van der Waals surface area contributed by atoms with Gasteiger partial charge in [0.2, 0.25) is 0 Å². The molecule has 1 aromatic carbocycles. The molecule has 1 aromatic heterocycles. The fourth-order valence-electron chi connectivity index (χ4n) is 2.17. The van der Waals surface area contributed by atoms with Gasteiger partial charge in [0, 0.05) is 13.5 Å². The minimum absolute atomic E-state index is 0.509. The maximum absolute atomic E-state index is 10.4. The molecule has 102 valence electrons. The lowest BCUT2D eigenvalue weighted by atomic mass is 10.00. The highest BCUT2D eigenvalue weighted by atomic mass is 79.9. The van der Waals surface area contributed by atoms with Gasteiger partial charge in [-0.15, -0.1) is 0 Å². The number of rotatable bonds is 3. The van der Waals surface area contributed by atoms with Crippen molar-refractivity contribution in [1.29, 1.82) is 0 Å². The van der Waals surface area contributed by atoms with Crippen molar-refractivity contribution >= 4 is 15.9 Å². The smallest absolute Gasteiger partial charge is 0.0845 e. The van der Waals surface area contributed by atoms with Crippen LogP contribution >= 0.6 is 15.9 Å². The van der Waals surface area contributed by atoms with Crippen LogP contribution in [0.15, 0.2) is 22.7 Å². The summed E-state index contributed by atoms with van der Waals surface area (Å²) in [5, 5.41) is 14.7. The van der Waals surface area contributed by atoms with Gasteiger partial charge in [0.15, 0.2) is 0 Å². The Bertz CT molecular complexity index is 604. The van der Waals surface area contributed by atoms with E-state index in [1.807, 2.05) is 24.7 Å². The Morgan fingerprint density at radius 2 is 1.95 bits per heavy atom. The summed E-state index contributed by atoms with van der Waals surface area (Å²) < 4.78 is 2.81. The highest BCUT2D eigenvalue weighted by Gasteiger charge is 2.16. The summed E-state index contributed by atoms with van der Waals surface area (Å²) in [6.07, 6.45) is 0.0471. The Hall–Kier alpha value is -1.13. The molecule has 0 aliphatic rings. The van der Waals surface area contributed by atoms with Crippen molar-refractivity contribution < 1.29 is 5.11 Å². The van der Waals surface area contributed by atoms with Crippen LogP contribution in [-0.4, -0.2) is 14.9 Å². The zero-order chi connectivity index (χ0) is 14.2. The van der Waals surface area contributed by atoms with E-state index in [9.17, 15) is 5.11 Å². The van der Waals surface area contributed by atoms with Crippen LogP contribution in [0.25, 0.3) is 0 Å². The molecule has 19 heavy (non-hydrogen) atoms. The molecule has 0 bridgehead atoms. The number of aryl methyl sites for hydroxylation is 4. The molecule has 0 amide bonds. The standard InChI is InChI=1S/C15H19BrN2O/c1-9-5-6-12(7-10(9)2)14(19)8-13-15(16)11(3)17-18(13)4/h5-7,14,19H,8H2,1-4H3. The Labute approximate surface area is 122 Å². The normalized spacial score (nSPS) is 12.7. The van der Waals surface area contributed by atoms with Crippen molar-refractivity contribution in [3.63, 3.8) is 0 Å². The van der Waals surface area contributed by atoms with Gasteiger partial charge in [-0.2, -0.15) is 5.10 Å². The summed E-state index contributed by atoms with van der Waals surface area (Å²) in [4.78, 5) is 0. The van der Waals surface area contributed by atoms with Gasteiger partial charge in [-0.05, 0) is 53.4 Å². The quantitative estimate of drug-likeness (QED) is 0.940. The summed E-state index contributed by atoms with van der Waals surface area (Å²) in [5.41, 5.74) is 5.37. The van der Waals surface area contributed by atoms with Crippen LogP contribution in [0.2, 0.25) is 0 Å². The molecule has 2 aromatic rings. The molecule has 1 unspecified atom stereocenters. The van der Waals surface area contributed by atoms with E-state index in [-0.39, 0.29) is 0 Å². The monoisotopic (exact) mass is 322 g/mol. The number of aromatic nitrogens is 2. The van der Waals surface area contributed by atoms with Crippen molar-refractivity contribution in [1.82, 2.24) is 9.78 Å². The van der Waals surface area contributed by atoms with Crippen LogP contribution in [0, 0.1) is 20.8 Å². The molecule has 2 rings (SSSR count). The van der Waals surface area contributed by atoms with Crippen molar-refractivity contribution in [2.24, 2.45) is 7.05 Å². The number of hydrogen-bond donors (Lipinski definition) is 1. The number of aliphatic hydroxyl groups excluding tert-OH is 1. The van der Waals surface area contributed by atoms with Crippen LogP contribution in [-0.2, 0) is 13.5 Å². The van der Waals surface area contributed by atoms with E-state index in [4.69, 9.17) is 0 Å². The van der Waals surface area contributed by atoms with E-state index >= 15 is 0 Å². The summed E-state index contributed by atoms with van der Waals surface area (Å²) in [6.45, 7) is 6.10. The van der Waals surface area contributed by atoms with Crippen LogP contribution in [0.4, 0.5) is 0 Å². The molecule has 3 nitrogen and oxygen atoms in total. The average Bonchev–Trinajstić information content (AvgIpc) is 2.59. The van der Waals surface area contributed by atoms with Crippen molar-refractivity contribution in [3.05, 3.63) is 50.8 Å². The molecule has 0 radical (unpaired) electrons. The van der Waals surface area contributed by atoms with Crippen molar-refractivity contribution in [2.75, 3.05) is 0 Å². The molecule has 0 fully saturated rings. The van der Waals surface area contributed by atoms with Gasteiger partial charge in [-0.25, -0.2) is 0 Å². The number of aliphatic hydroxyl groups is 1. The highest BCUT2D eigenvalue weighted by molar-refractivity contribution is 9.10. The topological polar surface area (TPSA) is 38.1 Å². The van der Waals surface area contributed by atoms with Crippen LogP contribution in [0.5, 0.6) is 0 Å². The Morgan fingerprint density at radius 3 is 2.47 bits per heavy atom. The Balaban J connectivity index is 2.25. The highest BCUT2D eigenvalue weighted by Crippen LogP contribution is 2.26. The number of halogens is 1. The second kappa shape index (κ2) is 5.47. The zero-order valence-electron chi connectivity index (χ0n) is 11.7. The molecule has 1 atom stereocenters. The first-order valence-electron chi connectivity index (χ1n) is 6.33. The molecule has 0 spiro atoms. The van der Waals surface area contributed by atoms with E-state index in [1.165, 1.54) is 11.1 Å². The van der Waals surface area contributed by atoms with E-state index in [0.717, 1.165) is 21.4 Å². The van der Waals surface area contributed by atoms with Crippen molar-refractivity contribution in [3.8, 4) is 0 Å². The fourth-order valence-corrected chi connectivity index (χ4v) is 2.67. The molecule has 1 N–H and O–H groups in total. The Kier molecular flexibility index (Phi) is 4.11. The maximum Gasteiger partial charge on any atom is 0.0845 e. The van der Waals surface area contributed by atoms with E-state index in [0.29, 0.717) is 6.42 Å². The van der Waals surface area contributed by atoms with Gasteiger partial charge in [0.1, 0.15) is 0 Å². The maximum atomic E-state index is 10.4. The third kappa shape index (κ3) is 2.90. The predicted octanol–water partition coefficient (Wildman–Crippen LogP) is 3.38. The van der Waals surface area contributed by atoms with Crippen molar-refractivity contribution in [2.45, 2.75) is 33.3 Å². The first-order chi connectivity index (χ1) is 8.90.